The first-order chi connectivity index (χ1) is 7.76. The van der Waals surface area contributed by atoms with Crippen LogP contribution in [0.4, 0.5) is 5.13 Å². The maximum Gasteiger partial charge on any atom is 0.185 e. The molecule has 16 heavy (non-hydrogen) atoms. The van der Waals surface area contributed by atoms with Crippen LogP contribution in [0.3, 0.4) is 0 Å². The Labute approximate surface area is 102 Å². The Hall–Kier alpha value is -0.610. The van der Waals surface area contributed by atoms with Crippen molar-refractivity contribution in [1.29, 1.82) is 0 Å². The highest BCUT2D eigenvalue weighted by Gasteiger charge is 2.29. The molecule has 1 atom stereocenters. The quantitative estimate of drug-likeness (QED) is 0.827. The molecule has 90 valence electrons. The van der Waals surface area contributed by atoms with Crippen molar-refractivity contribution in [2.75, 3.05) is 18.0 Å². The zero-order valence-corrected chi connectivity index (χ0v) is 11.2. The third-order valence-corrected chi connectivity index (χ3v) is 4.24. The van der Waals surface area contributed by atoms with Crippen molar-refractivity contribution >= 4 is 16.5 Å². The third-order valence-electron chi connectivity index (χ3n) is 3.02. The number of nitrogens with zero attached hydrogens (tertiary/aromatic N) is 2. The summed E-state index contributed by atoms with van der Waals surface area (Å²) >= 11 is 1.83. The number of nitrogens with one attached hydrogen (secondary N) is 1. The lowest BCUT2D eigenvalue weighted by molar-refractivity contribution is 0.606. The van der Waals surface area contributed by atoms with Gasteiger partial charge in [0.05, 0.1) is 0 Å². The van der Waals surface area contributed by atoms with E-state index >= 15 is 0 Å². The molecular formula is C12H21N3S. The molecule has 0 radical (unpaired) electrons. The van der Waals surface area contributed by atoms with Gasteiger partial charge in [0.2, 0.25) is 0 Å². The summed E-state index contributed by atoms with van der Waals surface area (Å²) in [6, 6.07) is 1.19. The monoisotopic (exact) mass is 239 g/mol. The van der Waals surface area contributed by atoms with E-state index in [0.29, 0.717) is 6.04 Å². The van der Waals surface area contributed by atoms with Crippen LogP contribution in [-0.4, -0.2) is 24.1 Å². The molecule has 0 bridgehead atoms. The van der Waals surface area contributed by atoms with E-state index < -0.39 is 0 Å². The second-order valence-electron chi connectivity index (χ2n) is 4.34. The second kappa shape index (κ2) is 5.15. The zero-order valence-electron chi connectivity index (χ0n) is 10.4. The number of hydrogen-bond donors (Lipinski definition) is 1. The SMILES string of the molecule is CCNC(C)c1cnc(N(CC)C2CC2)s1. The van der Waals surface area contributed by atoms with Crippen LogP contribution in [0.1, 0.15) is 44.5 Å². The molecular weight excluding hydrogens is 218 g/mol. The van der Waals surface area contributed by atoms with Gasteiger partial charge in [0.15, 0.2) is 5.13 Å². The number of anilines is 1. The summed E-state index contributed by atoms with van der Waals surface area (Å²) in [6.45, 7) is 8.64. The minimum Gasteiger partial charge on any atom is -0.345 e. The van der Waals surface area contributed by atoms with Crippen molar-refractivity contribution < 1.29 is 0 Å². The highest BCUT2D eigenvalue weighted by Crippen LogP contribution is 2.35. The highest BCUT2D eigenvalue weighted by atomic mass is 32.1. The van der Waals surface area contributed by atoms with Gasteiger partial charge in [-0.25, -0.2) is 4.98 Å². The fourth-order valence-electron chi connectivity index (χ4n) is 1.95. The normalized spacial score (nSPS) is 17.4. The molecule has 1 aliphatic carbocycles. The maximum absolute atomic E-state index is 4.56. The number of aromatic nitrogens is 1. The molecule has 4 heteroatoms. The summed E-state index contributed by atoms with van der Waals surface area (Å²) in [7, 11) is 0. The van der Waals surface area contributed by atoms with Crippen molar-refractivity contribution in [3.63, 3.8) is 0 Å². The van der Waals surface area contributed by atoms with Gasteiger partial charge in [0, 0.05) is 29.7 Å². The highest BCUT2D eigenvalue weighted by molar-refractivity contribution is 7.15. The molecule has 1 N–H and O–H groups in total. The lowest BCUT2D eigenvalue weighted by Gasteiger charge is -2.18. The minimum absolute atomic E-state index is 0.425. The van der Waals surface area contributed by atoms with Crippen LogP contribution in [0.25, 0.3) is 0 Å². The van der Waals surface area contributed by atoms with Crippen LogP contribution in [-0.2, 0) is 0 Å². The van der Waals surface area contributed by atoms with Gasteiger partial charge in [-0.2, -0.15) is 0 Å². The summed E-state index contributed by atoms with van der Waals surface area (Å²) in [4.78, 5) is 8.34. The maximum atomic E-state index is 4.56. The Morgan fingerprint density at radius 2 is 2.31 bits per heavy atom. The number of hydrogen-bond acceptors (Lipinski definition) is 4. The molecule has 1 heterocycles. The number of thiazole rings is 1. The number of rotatable bonds is 6. The first-order valence-corrected chi connectivity index (χ1v) is 7.03. The lowest BCUT2D eigenvalue weighted by Crippen LogP contribution is -2.24. The molecule has 2 rings (SSSR count). The second-order valence-corrected chi connectivity index (χ2v) is 5.38. The predicted molar refractivity (Wildman–Crippen MR) is 70.2 cm³/mol. The van der Waals surface area contributed by atoms with E-state index in [2.05, 4.69) is 36.0 Å². The zero-order chi connectivity index (χ0) is 11.5. The van der Waals surface area contributed by atoms with E-state index in [1.807, 2.05) is 17.5 Å². The van der Waals surface area contributed by atoms with Crippen molar-refractivity contribution in [2.24, 2.45) is 0 Å². The van der Waals surface area contributed by atoms with Crippen LogP contribution < -0.4 is 10.2 Å². The fourth-order valence-corrected chi connectivity index (χ4v) is 3.03. The molecule has 1 saturated carbocycles. The van der Waals surface area contributed by atoms with Gasteiger partial charge in [-0.1, -0.05) is 6.92 Å². The van der Waals surface area contributed by atoms with Gasteiger partial charge in [0.25, 0.3) is 0 Å². The molecule has 1 aromatic rings. The standard InChI is InChI=1S/C12H21N3S/c1-4-13-9(3)11-8-14-12(16-11)15(5-2)10-6-7-10/h8-10,13H,4-7H2,1-3H3. The molecule has 1 unspecified atom stereocenters. The summed E-state index contributed by atoms with van der Waals surface area (Å²) in [6.07, 6.45) is 4.70. The van der Waals surface area contributed by atoms with Gasteiger partial charge in [-0.15, -0.1) is 11.3 Å². The van der Waals surface area contributed by atoms with E-state index in [4.69, 9.17) is 0 Å². The molecule has 1 aromatic heterocycles. The summed E-state index contributed by atoms with van der Waals surface area (Å²) in [5.41, 5.74) is 0. The average molecular weight is 239 g/mol. The van der Waals surface area contributed by atoms with Crippen LogP contribution in [0.2, 0.25) is 0 Å². The van der Waals surface area contributed by atoms with Crippen molar-refractivity contribution in [3.8, 4) is 0 Å². The molecule has 0 aromatic carbocycles. The molecule has 0 saturated heterocycles. The Morgan fingerprint density at radius 3 is 2.88 bits per heavy atom. The van der Waals surface area contributed by atoms with Gasteiger partial charge in [-0.3, -0.25) is 0 Å². The predicted octanol–water partition coefficient (Wildman–Crippen LogP) is 2.80. The smallest absolute Gasteiger partial charge is 0.185 e. The van der Waals surface area contributed by atoms with E-state index in [1.165, 1.54) is 22.9 Å². The van der Waals surface area contributed by atoms with Crippen LogP contribution in [0.15, 0.2) is 6.20 Å². The summed E-state index contributed by atoms with van der Waals surface area (Å²) < 4.78 is 0. The topological polar surface area (TPSA) is 28.2 Å². The van der Waals surface area contributed by atoms with Gasteiger partial charge < -0.3 is 10.2 Å². The van der Waals surface area contributed by atoms with Gasteiger partial charge in [0.1, 0.15) is 0 Å². The Morgan fingerprint density at radius 1 is 1.56 bits per heavy atom. The third kappa shape index (κ3) is 2.55. The van der Waals surface area contributed by atoms with Crippen molar-refractivity contribution in [3.05, 3.63) is 11.1 Å². The first kappa shape index (κ1) is 11.9. The van der Waals surface area contributed by atoms with E-state index in [-0.39, 0.29) is 0 Å². The van der Waals surface area contributed by atoms with Crippen LogP contribution in [0, 0.1) is 0 Å². The van der Waals surface area contributed by atoms with Gasteiger partial charge in [-0.05, 0) is 33.2 Å². The van der Waals surface area contributed by atoms with Gasteiger partial charge >= 0.3 is 0 Å². The van der Waals surface area contributed by atoms with E-state index in [1.54, 1.807) is 0 Å². The summed E-state index contributed by atoms with van der Waals surface area (Å²) in [5.74, 6) is 0. The molecule has 0 amide bonds. The molecule has 1 aliphatic rings. The van der Waals surface area contributed by atoms with Crippen molar-refractivity contribution in [1.82, 2.24) is 10.3 Å². The summed E-state index contributed by atoms with van der Waals surface area (Å²) in [5, 5.41) is 4.63. The Bertz CT molecular complexity index is 333. The molecule has 0 aliphatic heterocycles. The molecule has 0 spiro atoms. The largest absolute Gasteiger partial charge is 0.345 e. The molecule has 3 nitrogen and oxygen atoms in total. The molecule has 1 fully saturated rings. The Kier molecular flexibility index (Phi) is 3.82. The van der Waals surface area contributed by atoms with Crippen molar-refractivity contribution in [2.45, 2.75) is 45.7 Å². The lowest BCUT2D eigenvalue weighted by atomic mass is 10.3. The fraction of sp³-hybridized carbons (Fsp3) is 0.750. The Balaban J connectivity index is 2.05. The first-order valence-electron chi connectivity index (χ1n) is 6.22. The van der Waals surface area contributed by atoms with E-state index in [0.717, 1.165) is 19.1 Å². The van der Waals surface area contributed by atoms with E-state index in [9.17, 15) is 0 Å². The average Bonchev–Trinajstić information content (AvgIpc) is 2.97. The van der Waals surface area contributed by atoms with Crippen LogP contribution >= 0.6 is 11.3 Å². The van der Waals surface area contributed by atoms with Crippen LogP contribution in [0.5, 0.6) is 0 Å². The minimum atomic E-state index is 0.425.